The maximum absolute atomic E-state index is 12.0. The minimum absolute atomic E-state index is 0.518. The first-order valence-electron chi connectivity index (χ1n) is 5.51. The summed E-state index contributed by atoms with van der Waals surface area (Å²) >= 11 is 0. The number of nitrogens with zero attached hydrogens (tertiary/aromatic N) is 1. The molecular formula is C12H15F2NO. The topological polar surface area (TPSA) is 12.5 Å². The van der Waals surface area contributed by atoms with E-state index < -0.39 is 13.0 Å². The number of anilines is 1. The molecule has 0 atom stereocenters. The lowest BCUT2D eigenvalue weighted by Gasteiger charge is -2.18. The van der Waals surface area contributed by atoms with Gasteiger partial charge in [-0.15, -0.1) is 0 Å². The van der Waals surface area contributed by atoms with Crippen LogP contribution in [-0.4, -0.2) is 26.1 Å². The predicted molar refractivity (Wildman–Crippen MR) is 59.4 cm³/mol. The Kier molecular flexibility index (Phi) is 3.59. The van der Waals surface area contributed by atoms with Crippen LogP contribution in [-0.2, 0) is 0 Å². The molecule has 4 heteroatoms. The first-order chi connectivity index (χ1) is 7.75. The molecule has 0 unspecified atom stereocenters. The molecule has 1 aliphatic rings. The summed E-state index contributed by atoms with van der Waals surface area (Å²) in [6, 6.07) is 7.37. The largest absolute Gasteiger partial charge is 0.488 e. The third-order valence-corrected chi connectivity index (χ3v) is 2.66. The molecule has 0 radical (unpaired) electrons. The molecule has 0 saturated carbocycles. The quantitative estimate of drug-likeness (QED) is 0.784. The van der Waals surface area contributed by atoms with E-state index in [0.29, 0.717) is 5.75 Å². The Hall–Kier alpha value is -1.32. The van der Waals surface area contributed by atoms with E-state index >= 15 is 0 Å². The van der Waals surface area contributed by atoms with E-state index in [0.717, 1.165) is 18.8 Å². The highest BCUT2D eigenvalue weighted by Gasteiger charge is 2.12. The van der Waals surface area contributed by atoms with Crippen LogP contribution in [0.25, 0.3) is 0 Å². The van der Waals surface area contributed by atoms with Crippen molar-refractivity contribution in [3.8, 4) is 5.75 Å². The second kappa shape index (κ2) is 5.14. The zero-order valence-corrected chi connectivity index (χ0v) is 9.03. The number of hydrogen-bond donors (Lipinski definition) is 0. The van der Waals surface area contributed by atoms with Crippen LogP contribution in [0.3, 0.4) is 0 Å². The number of rotatable bonds is 4. The fourth-order valence-electron chi connectivity index (χ4n) is 1.90. The average molecular weight is 227 g/mol. The van der Waals surface area contributed by atoms with Gasteiger partial charge in [-0.05, 0) is 25.0 Å². The van der Waals surface area contributed by atoms with Crippen LogP contribution in [0.2, 0.25) is 0 Å². The molecule has 1 aromatic carbocycles. The summed E-state index contributed by atoms with van der Waals surface area (Å²) in [6.07, 6.45) is -0.0278. The Balaban J connectivity index is 2.01. The van der Waals surface area contributed by atoms with Gasteiger partial charge in [-0.3, -0.25) is 0 Å². The lowest BCUT2D eigenvalue weighted by Crippen LogP contribution is -2.17. The highest BCUT2D eigenvalue weighted by atomic mass is 19.3. The van der Waals surface area contributed by atoms with Crippen molar-refractivity contribution in [2.75, 3.05) is 24.6 Å². The minimum Gasteiger partial charge on any atom is -0.488 e. The fourth-order valence-corrected chi connectivity index (χ4v) is 1.90. The summed E-state index contributed by atoms with van der Waals surface area (Å²) in [5.74, 6) is 0.518. The van der Waals surface area contributed by atoms with Crippen molar-refractivity contribution in [3.63, 3.8) is 0 Å². The van der Waals surface area contributed by atoms with Gasteiger partial charge in [0.2, 0.25) is 0 Å². The molecule has 0 spiro atoms. The van der Waals surface area contributed by atoms with Crippen molar-refractivity contribution in [1.82, 2.24) is 0 Å². The smallest absolute Gasteiger partial charge is 0.272 e. The van der Waals surface area contributed by atoms with Gasteiger partial charge in [0, 0.05) is 24.8 Å². The van der Waals surface area contributed by atoms with Gasteiger partial charge in [0.25, 0.3) is 6.43 Å². The second-order valence-electron chi connectivity index (χ2n) is 3.89. The Morgan fingerprint density at radius 1 is 1.25 bits per heavy atom. The zero-order valence-electron chi connectivity index (χ0n) is 9.03. The minimum atomic E-state index is -2.42. The Morgan fingerprint density at radius 3 is 2.69 bits per heavy atom. The van der Waals surface area contributed by atoms with E-state index in [1.165, 1.54) is 12.8 Å². The van der Waals surface area contributed by atoms with Crippen LogP contribution in [0, 0.1) is 0 Å². The van der Waals surface area contributed by atoms with E-state index in [2.05, 4.69) is 4.90 Å². The van der Waals surface area contributed by atoms with Crippen LogP contribution < -0.4 is 9.64 Å². The number of ether oxygens (including phenoxy) is 1. The molecule has 0 N–H and O–H groups in total. The maximum atomic E-state index is 12.0. The molecule has 1 aromatic rings. The SMILES string of the molecule is FC(F)COc1cccc(N2CCCC2)c1. The van der Waals surface area contributed by atoms with Crippen LogP contribution in [0.5, 0.6) is 5.75 Å². The molecule has 1 heterocycles. The van der Waals surface area contributed by atoms with Gasteiger partial charge in [-0.1, -0.05) is 6.07 Å². The zero-order chi connectivity index (χ0) is 11.4. The highest BCUT2D eigenvalue weighted by molar-refractivity contribution is 5.51. The van der Waals surface area contributed by atoms with Crippen LogP contribution >= 0.6 is 0 Å². The van der Waals surface area contributed by atoms with Crippen molar-refractivity contribution in [1.29, 1.82) is 0 Å². The third kappa shape index (κ3) is 2.84. The maximum Gasteiger partial charge on any atom is 0.272 e. The predicted octanol–water partition coefficient (Wildman–Crippen LogP) is 2.93. The summed E-state index contributed by atoms with van der Waals surface area (Å²) < 4.78 is 29.0. The average Bonchev–Trinajstić information content (AvgIpc) is 2.80. The van der Waals surface area contributed by atoms with Crippen molar-refractivity contribution < 1.29 is 13.5 Å². The fraction of sp³-hybridized carbons (Fsp3) is 0.500. The first kappa shape index (κ1) is 11.2. The normalized spacial score (nSPS) is 15.8. The molecule has 2 rings (SSSR count). The molecule has 0 amide bonds. The molecular weight excluding hydrogens is 212 g/mol. The summed E-state index contributed by atoms with van der Waals surface area (Å²) in [4.78, 5) is 2.25. The van der Waals surface area contributed by atoms with Crippen molar-refractivity contribution in [2.45, 2.75) is 19.3 Å². The molecule has 0 aromatic heterocycles. The number of hydrogen-bond acceptors (Lipinski definition) is 2. The monoisotopic (exact) mass is 227 g/mol. The standard InChI is InChI=1S/C12H15F2NO/c13-12(14)9-16-11-5-3-4-10(8-11)15-6-1-2-7-15/h3-5,8,12H,1-2,6-7,9H2. The molecule has 88 valence electrons. The first-order valence-corrected chi connectivity index (χ1v) is 5.51. The molecule has 0 bridgehead atoms. The third-order valence-electron chi connectivity index (χ3n) is 2.66. The number of alkyl halides is 2. The van der Waals surface area contributed by atoms with E-state index in [9.17, 15) is 8.78 Å². The lowest BCUT2D eigenvalue weighted by atomic mass is 10.3. The van der Waals surface area contributed by atoms with Gasteiger partial charge in [-0.25, -0.2) is 8.78 Å². The van der Waals surface area contributed by atoms with Gasteiger partial charge in [0.05, 0.1) is 0 Å². The molecule has 1 saturated heterocycles. The van der Waals surface area contributed by atoms with Gasteiger partial charge >= 0.3 is 0 Å². The van der Waals surface area contributed by atoms with E-state index in [4.69, 9.17) is 4.74 Å². The van der Waals surface area contributed by atoms with Crippen LogP contribution in [0.1, 0.15) is 12.8 Å². The van der Waals surface area contributed by atoms with E-state index in [1.807, 2.05) is 18.2 Å². The highest BCUT2D eigenvalue weighted by Crippen LogP contribution is 2.24. The van der Waals surface area contributed by atoms with Gasteiger partial charge in [-0.2, -0.15) is 0 Å². The van der Waals surface area contributed by atoms with Gasteiger partial charge in [0.1, 0.15) is 12.4 Å². The molecule has 1 aliphatic heterocycles. The van der Waals surface area contributed by atoms with Gasteiger partial charge < -0.3 is 9.64 Å². The van der Waals surface area contributed by atoms with Crippen LogP contribution in [0.4, 0.5) is 14.5 Å². The van der Waals surface area contributed by atoms with Crippen molar-refractivity contribution >= 4 is 5.69 Å². The van der Waals surface area contributed by atoms with E-state index in [1.54, 1.807) is 6.07 Å². The Bertz CT molecular complexity index is 338. The molecule has 2 nitrogen and oxygen atoms in total. The molecule has 0 aliphatic carbocycles. The number of benzene rings is 1. The van der Waals surface area contributed by atoms with Crippen LogP contribution in [0.15, 0.2) is 24.3 Å². The van der Waals surface area contributed by atoms with Gasteiger partial charge in [0.15, 0.2) is 0 Å². The van der Waals surface area contributed by atoms with E-state index in [-0.39, 0.29) is 0 Å². The van der Waals surface area contributed by atoms with Crippen molar-refractivity contribution in [2.24, 2.45) is 0 Å². The Morgan fingerprint density at radius 2 is 2.00 bits per heavy atom. The Labute approximate surface area is 93.8 Å². The summed E-state index contributed by atoms with van der Waals surface area (Å²) in [6.45, 7) is 1.54. The summed E-state index contributed by atoms with van der Waals surface area (Å²) in [5, 5.41) is 0. The number of halogens is 2. The molecule has 1 fully saturated rings. The molecule has 16 heavy (non-hydrogen) atoms. The second-order valence-corrected chi connectivity index (χ2v) is 3.89. The lowest BCUT2D eigenvalue weighted by molar-refractivity contribution is 0.0819. The summed E-state index contributed by atoms with van der Waals surface area (Å²) in [5.41, 5.74) is 1.06. The van der Waals surface area contributed by atoms with Crippen molar-refractivity contribution in [3.05, 3.63) is 24.3 Å². The summed E-state index contributed by atoms with van der Waals surface area (Å²) in [7, 11) is 0.